The number of anilines is 3. The van der Waals surface area contributed by atoms with Gasteiger partial charge in [-0.05, 0) is 48.0 Å². The summed E-state index contributed by atoms with van der Waals surface area (Å²) in [4.78, 5) is 17.5. The van der Waals surface area contributed by atoms with Crippen molar-refractivity contribution < 1.29 is 35.9 Å². The summed E-state index contributed by atoms with van der Waals surface area (Å²) in [6, 6.07) is 14.2. The van der Waals surface area contributed by atoms with E-state index in [-0.39, 0.29) is 46.7 Å². The summed E-state index contributed by atoms with van der Waals surface area (Å²) < 4.78 is 79.5. The molecule has 13 heteroatoms. The van der Waals surface area contributed by atoms with E-state index >= 15 is 0 Å². The number of methoxy groups -OCH3 is 1. The maximum atomic E-state index is 13.9. The van der Waals surface area contributed by atoms with Crippen LogP contribution < -0.4 is 18.7 Å². The molecule has 4 aromatic rings. The van der Waals surface area contributed by atoms with Crippen LogP contribution in [-0.2, 0) is 22.7 Å². The second kappa shape index (κ2) is 10.8. The minimum Gasteiger partial charge on any atom is -0.497 e. The lowest BCUT2D eigenvalue weighted by Gasteiger charge is -2.33. The highest BCUT2D eigenvalue weighted by molar-refractivity contribution is 7.93. The molecular formula is C27H22F3N3O5S2. The van der Waals surface area contributed by atoms with Crippen LogP contribution in [0.25, 0.3) is 0 Å². The van der Waals surface area contributed by atoms with E-state index in [0.717, 1.165) is 12.1 Å². The van der Waals surface area contributed by atoms with Gasteiger partial charge in [0.15, 0.2) is 11.4 Å². The number of benzene rings is 3. The first kappa shape index (κ1) is 27.5. The quantitative estimate of drug-likeness (QED) is 0.236. The summed E-state index contributed by atoms with van der Waals surface area (Å²) in [5, 5.41) is 1.95. The van der Waals surface area contributed by atoms with E-state index < -0.39 is 21.8 Å². The van der Waals surface area contributed by atoms with Crippen LogP contribution in [0.15, 0.2) is 77.1 Å². The van der Waals surface area contributed by atoms with Crippen LogP contribution in [0, 0.1) is 0 Å². The van der Waals surface area contributed by atoms with Crippen molar-refractivity contribution in [2.24, 2.45) is 0 Å². The maximum absolute atomic E-state index is 13.9. The number of aromatic nitrogens is 1. The number of hydrogen-bond acceptors (Lipinski definition) is 8. The van der Waals surface area contributed by atoms with E-state index in [0.29, 0.717) is 23.3 Å². The van der Waals surface area contributed by atoms with E-state index in [9.17, 15) is 26.4 Å². The zero-order valence-corrected chi connectivity index (χ0v) is 22.6. The first-order chi connectivity index (χ1) is 19.1. The van der Waals surface area contributed by atoms with Crippen LogP contribution in [0.2, 0.25) is 0 Å². The fraction of sp³-hybridized carbons (Fsp3) is 0.185. The molecule has 0 spiro atoms. The van der Waals surface area contributed by atoms with Gasteiger partial charge in [0.25, 0.3) is 10.0 Å². The van der Waals surface area contributed by atoms with Crippen molar-refractivity contribution in [1.82, 2.24) is 4.98 Å². The number of thiazole rings is 1. The summed E-state index contributed by atoms with van der Waals surface area (Å²) in [5.41, 5.74) is 0.306. The standard InChI is InChI=1S/C27H22F3N3O5S2/c1-37-21-5-2-18(3-6-21)16-33(26-31-10-13-39-26)40(35,36)22-7-9-24-25(15-22)38-12-11-32(24)23-8-4-20(27(28,29)30)14-19(23)17-34/h2-10,13-15,17H,11-12,16H2,1H3. The number of sulfonamides is 1. The van der Waals surface area contributed by atoms with Crippen LogP contribution in [0.3, 0.4) is 0 Å². The first-order valence-electron chi connectivity index (χ1n) is 11.9. The van der Waals surface area contributed by atoms with Gasteiger partial charge in [-0.3, -0.25) is 4.79 Å². The summed E-state index contributed by atoms with van der Waals surface area (Å²) in [7, 11) is -2.58. The number of nitrogens with zero attached hydrogens (tertiary/aromatic N) is 3. The molecule has 0 amide bonds. The van der Waals surface area contributed by atoms with E-state index in [4.69, 9.17) is 9.47 Å². The van der Waals surface area contributed by atoms with Gasteiger partial charge >= 0.3 is 6.18 Å². The van der Waals surface area contributed by atoms with Gasteiger partial charge in [-0.15, -0.1) is 11.3 Å². The molecule has 0 bridgehead atoms. The van der Waals surface area contributed by atoms with E-state index in [1.165, 1.54) is 53.2 Å². The Morgan fingerprint density at radius 2 is 1.85 bits per heavy atom. The van der Waals surface area contributed by atoms with Crippen molar-refractivity contribution in [3.63, 3.8) is 0 Å². The molecule has 208 valence electrons. The molecule has 2 heterocycles. The Balaban J connectivity index is 1.51. The lowest BCUT2D eigenvalue weighted by atomic mass is 10.1. The first-order valence-corrected chi connectivity index (χ1v) is 14.2. The lowest BCUT2D eigenvalue weighted by Crippen LogP contribution is -2.32. The minimum atomic E-state index is -4.60. The average Bonchev–Trinajstić information content (AvgIpc) is 3.49. The Morgan fingerprint density at radius 1 is 1.10 bits per heavy atom. The van der Waals surface area contributed by atoms with Gasteiger partial charge in [-0.25, -0.2) is 17.7 Å². The summed E-state index contributed by atoms with van der Waals surface area (Å²) in [6.45, 7) is 0.379. The van der Waals surface area contributed by atoms with Crippen LogP contribution in [-0.4, -0.2) is 39.9 Å². The van der Waals surface area contributed by atoms with Crippen molar-refractivity contribution in [3.05, 3.63) is 88.9 Å². The molecule has 1 aliphatic rings. The monoisotopic (exact) mass is 589 g/mol. The Kier molecular flexibility index (Phi) is 7.43. The molecule has 40 heavy (non-hydrogen) atoms. The number of halogens is 3. The van der Waals surface area contributed by atoms with Gasteiger partial charge < -0.3 is 14.4 Å². The van der Waals surface area contributed by atoms with Crippen LogP contribution >= 0.6 is 11.3 Å². The predicted molar refractivity (Wildman–Crippen MR) is 144 cm³/mol. The van der Waals surface area contributed by atoms with Gasteiger partial charge in [-0.2, -0.15) is 13.2 Å². The van der Waals surface area contributed by atoms with Crippen LogP contribution in [0.4, 0.5) is 29.7 Å². The van der Waals surface area contributed by atoms with Gasteiger partial charge in [0.05, 0.1) is 42.0 Å². The Bertz CT molecular complexity index is 1630. The maximum Gasteiger partial charge on any atom is 0.416 e. The average molecular weight is 590 g/mol. The largest absolute Gasteiger partial charge is 0.497 e. The highest BCUT2D eigenvalue weighted by Crippen LogP contribution is 2.41. The molecule has 0 saturated heterocycles. The summed E-state index contributed by atoms with van der Waals surface area (Å²) in [5.74, 6) is 0.849. The Hall–Kier alpha value is -4.10. The number of rotatable bonds is 8. The van der Waals surface area contributed by atoms with Gasteiger partial charge in [0, 0.05) is 23.2 Å². The Labute approximate surface area is 232 Å². The van der Waals surface area contributed by atoms with Crippen molar-refractivity contribution in [2.75, 3.05) is 29.5 Å². The zero-order chi connectivity index (χ0) is 28.5. The van der Waals surface area contributed by atoms with Crippen LogP contribution in [0.1, 0.15) is 21.5 Å². The molecule has 1 aromatic heterocycles. The fourth-order valence-corrected chi connectivity index (χ4v) is 6.59. The number of carbonyl (C=O) groups excluding carboxylic acids is 1. The molecule has 0 fully saturated rings. The fourth-order valence-electron chi connectivity index (χ4n) is 4.30. The third-order valence-electron chi connectivity index (χ3n) is 6.27. The van der Waals surface area contributed by atoms with Crippen molar-refractivity contribution >= 4 is 44.2 Å². The topological polar surface area (TPSA) is 89.0 Å². The Morgan fingerprint density at radius 3 is 2.50 bits per heavy atom. The summed E-state index contributed by atoms with van der Waals surface area (Å²) >= 11 is 1.17. The normalized spacial score (nSPS) is 13.3. The molecule has 0 radical (unpaired) electrons. The van der Waals surface area contributed by atoms with Crippen molar-refractivity contribution in [2.45, 2.75) is 17.6 Å². The molecule has 0 N–H and O–H groups in total. The third kappa shape index (κ3) is 5.34. The lowest BCUT2D eigenvalue weighted by molar-refractivity contribution is -0.137. The van der Waals surface area contributed by atoms with Gasteiger partial charge in [0.2, 0.25) is 0 Å². The highest BCUT2D eigenvalue weighted by Gasteiger charge is 2.33. The number of carbonyl (C=O) groups is 1. The molecule has 0 atom stereocenters. The molecule has 0 aliphatic carbocycles. The number of alkyl halides is 3. The van der Waals surface area contributed by atoms with E-state index in [2.05, 4.69) is 4.98 Å². The number of aldehydes is 1. The second-order valence-electron chi connectivity index (χ2n) is 8.69. The highest BCUT2D eigenvalue weighted by atomic mass is 32.2. The third-order valence-corrected chi connectivity index (χ3v) is 8.91. The molecule has 5 rings (SSSR count). The number of fused-ring (bicyclic) bond motifs is 1. The number of ether oxygens (including phenoxy) is 2. The molecule has 1 aliphatic heterocycles. The molecule has 0 unspecified atom stereocenters. The smallest absolute Gasteiger partial charge is 0.416 e. The van der Waals surface area contributed by atoms with Crippen molar-refractivity contribution in [3.8, 4) is 11.5 Å². The molecular weight excluding hydrogens is 567 g/mol. The molecule has 3 aromatic carbocycles. The van der Waals surface area contributed by atoms with E-state index in [1.807, 2.05) is 0 Å². The van der Waals surface area contributed by atoms with Gasteiger partial charge in [0.1, 0.15) is 18.1 Å². The predicted octanol–water partition coefficient (Wildman–Crippen LogP) is 5.91. The van der Waals surface area contributed by atoms with E-state index in [1.54, 1.807) is 34.5 Å². The zero-order valence-electron chi connectivity index (χ0n) is 21.0. The minimum absolute atomic E-state index is 0.0121. The summed E-state index contributed by atoms with van der Waals surface area (Å²) in [6.07, 6.45) is -2.72. The SMILES string of the molecule is COc1ccc(CN(c2nccs2)S(=O)(=O)c2ccc3c(c2)OCCN3c2ccc(C(F)(F)F)cc2C=O)cc1. The molecule has 0 saturated carbocycles. The number of hydrogen-bond donors (Lipinski definition) is 0. The molecule has 8 nitrogen and oxygen atoms in total. The van der Waals surface area contributed by atoms with Crippen LogP contribution in [0.5, 0.6) is 11.5 Å². The van der Waals surface area contributed by atoms with Crippen molar-refractivity contribution in [1.29, 1.82) is 0 Å². The second-order valence-corrected chi connectivity index (χ2v) is 11.4. The van der Waals surface area contributed by atoms with Gasteiger partial charge in [-0.1, -0.05) is 12.1 Å².